The summed E-state index contributed by atoms with van der Waals surface area (Å²) in [5.74, 6) is 2.57. The van der Waals surface area contributed by atoms with Crippen LogP contribution in [0.25, 0.3) is 0 Å². The van der Waals surface area contributed by atoms with Gasteiger partial charge in [-0.3, -0.25) is 0 Å². The molecule has 20 heavy (non-hydrogen) atoms. The van der Waals surface area contributed by atoms with Gasteiger partial charge in [-0.15, -0.1) is 6.58 Å². The smallest absolute Gasteiger partial charge is 0.138 e. The average Bonchev–Trinajstić information content (AvgIpc) is 2.88. The maximum Gasteiger partial charge on any atom is 0.138 e. The van der Waals surface area contributed by atoms with Crippen molar-refractivity contribution in [2.75, 3.05) is 23.3 Å². The van der Waals surface area contributed by atoms with E-state index in [1.54, 1.807) is 0 Å². The Morgan fingerprint density at radius 3 is 3.05 bits per heavy atom. The molecule has 0 saturated carbocycles. The van der Waals surface area contributed by atoms with Crippen LogP contribution in [0.4, 0.5) is 17.3 Å². The van der Waals surface area contributed by atoms with E-state index in [0.717, 1.165) is 30.4 Å². The van der Waals surface area contributed by atoms with Crippen molar-refractivity contribution in [2.45, 2.75) is 13.3 Å². The highest BCUT2D eigenvalue weighted by Crippen LogP contribution is 2.33. The van der Waals surface area contributed by atoms with Gasteiger partial charge in [-0.25, -0.2) is 9.97 Å². The van der Waals surface area contributed by atoms with Gasteiger partial charge in [0.15, 0.2) is 0 Å². The van der Waals surface area contributed by atoms with Crippen molar-refractivity contribution in [2.24, 2.45) is 0 Å². The van der Waals surface area contributed by atoms with Crippen LogP contribution < -0.4 is 10.2 Å². The quantitative estimate of drug-likeness (QED) is 0.863. The number of fused-ring (bicyclic) bond motifs is 1. The number of nitrogens with one attached hydrogen (secondary N) is 1. The molecular formula is C16H18N4. The van der Waals surface area contributed by atoms with E-state index in [9.17, 15) is 0 Å². The van der Waals surface area contributed by atoms with E-state index in [-0.39, 0.29) is 0 Å². The lowest BCUT2D eigenvalue weighted by Gasteiger charge is -2.19. The molecule has 2 heterocycles. The molecule has 4 nitrogen and oxygen atoms in total. The SMILES string of the molecule is C=CCNc1cc(N2CCc3ccccc32)nc(C)n1. The van der Waals surface area contributed by atoms with E-state index in [2.05, 4.69) is 51.0 Å². The molecule has 2 aromatic rings. The van der Waals surface area contributed by atoms with Crippen LogP contribution >= 0.6 is 0 Å². The number of anilines is 3. The van der Waals surface area contributed by atoms with Gasteiger partial charge in [0.05, 0.1) is 0 Å². The van der Waals surface area contributed by atoms with E-state index in [4.69, 9.17) is 0 Å². The van der Waals surface area contributed by atoms with Crippen LogP contribution in [0.3, 0.4) is 0 Å². The fourth-order valence-corrected chi connectivity index (χ4v) is 2.53. The predicted octanol–water partition coefficient (Wildman–Crippen LogP) is 3.08. The van der Waals surface area contributed by atoms with Gasteiger partial charge >= 0.3 is 0 Å². The molecule has 3 rings (SSSR count). The second-order valence-electron chi connectivity index (χ2n) is 4.86. The highest BCUT2D eigenvalue weighted by molar-refractivity contribution is 5.68. The molecule has 0 amide bonds. The topological polar surface area (TPSA) is 41.0 Å². The predicted molar refractivity (Wildman–Crippen MR) is 82.6 cm³/mol. The van der Waals surface area contributed by atoms with Gasteiger partial charge in [-0.05, 0) is 25.0 Å². The van der Waals surface area contributed by atoms with E-state index in [0.29, 0.717) is 6.54 Å². The first-order valence-electron chi connectivity index (χ1n) is 6.84. The molecule has 0 aliphatic carbocycles. The molecular weight excluding hydrogens is 248 g/mol. The Bertz CT molecular complexity index is 636. The first kappa shape index (κ1) is 12.7. The third-order valence-electron chi connectivity index (χ3n) is 3.42. The number of rotatable bonds is 4. The first-order chi connectivity index (χ1) is 9.78. The molecule has 0 spiro atoms. The van der Waals surface area contributed by atoms with Gasteiger partial charge in [0, 0.05) is 24.8 Å². The summed E-state index contributed by atoms with van der Waals surface area (Å²) in [5.41, 5.74) is 2.63. The summed E-state index contributed by atoms with van der Waals surface area (Å²) >= 11 is 0. The molecule has 0 bridgehead atoms. The third-order valence-corrected chi connectivity index (χ3v) is 3.42. The van der Waals surface area contributed by atoms with Crippen molar-refractivity contribution in [1.82, 2.24) is 9.97 Å². The molecule has 0 radical (unpaired) electrons. The standard InChI is InChI=1S/C16H18N4/c1-3-9-17-15-11-16(19-12(2)18-15)20-10-8-13-6-4-5-7-14(13)20/h3-7,11H,1,8-10H2,2H3,(H,17,18,19). The van der Waals surface area contributed by atoms with Crippen LogP contribution in [0.2, 0.25) is 0 Å². The Labute approximate surface area is 119 Å². The Kier molecular flexibility index (Phi) is 3.37. The Morgan fingerprint density at radius 1 is 1.35 bits per heavy atom. The second kappa shape index (κ2) is 5.33. The molecule has 0 unspecified atom stereocenters. The minimum atomic E-state index is 0.701. The zero-order valence-corrected chi connectivity index (χ0v) is 11.6. The number of hydrogen-bond acceptors (Lipinski definition) is 4. The maximum absolute atomic E-state index is 4.57. The van der Waals surface area contributed by atoms with Gasteiger partial charge in [0.2, 0.25) is 0 Å². The normalized spacial score (nSPS) is 13.2. The molecule has 0 fully saturated rings. The molecule has 1 aliphatic heterocycles. The second-order valence-corrected chi connectivity index (χ2v) is 4.86. The largest absolute Gasteiger partial charge is 0.366 e. The van der Waals surface area contributed by atoms with Crippen molar-refractivity contribution in [3.8, 4) is 0 Å². The van der Waals surface area contributed by atoms with E-state index in [1.807, 2.05) is 19.1 Å². The monoisotopic (exact) mass is 266 g/mol. The van der Waals surface area contributed by atoms with E-state index < -0.39 is 0 Å². The lowest BCUT2D eigenvalue weighted by Crippen LogP contribution is -2.16. The summed E-state index contributed by atoms with van der Waals surface area (Å²) in [6.45, 7) is 7.30. The highest BCUT2D eigenvalue weighted by Gasteiger charge is 2.21. The number of nitrogens with zero attached hydrogens (tertiary/aromatic N) is 3. The van der Waals surface area contributed by atoms with Crippen LogP contribution in [0.5, 0.6) is 0 Å². The van der Waals surface area contributed by atoms with Gasteiger partial charge in [0.25, 0.3) is 0 Å². The number of para-hydroxylation sites is 1. The van der Waals surface area contributed by atoms with Gasteiger partial charge < -0.3 is 10.2 Å². The lowest BCUT2D eigenvalue weighted by molar-refractivity contribution is 0.944. The van der Waals surface area contributed by atoms with E-state index in [1.165, 1.54) is 11.3 Å². The zero-order valence-electron chi connectivity index (χ0n) is 11.6. The van der Waals surface area contributed by atoms with Gasteiger partial charge in [0.1, 0.15) is 17.5 Å². The summed E-state index contributed by atoms with van der Waals surface area (Å²) in [5, 5.41) is 3.23. The molecule has 102 valence electrons. The fraction of sp³-hybridized carbons (Fsp3) is 0.250. The van der Waals surface area contributed by atoms with Crippen LogP contribution in [0, 0.1) is 6.92 Å². The van der Waals surface area contributed by atoms with Crippen LogP contribution in [-0.2, 0) is 6.42 Å². The van der Waals surface area contributed by atoms with Crippen molar-refractivity contribution < 1.29 is 0 Å². The van der Waals surface area contributed by atoms with Crippen LogP contribution in [0.15, 0.2) is 43.0 Å². The van der Waals surface area contributed by atoms with Crippen molar-refractivity contribution in [3.63, 3.8) is 0 Å². The Balaban J connectivity index is 1.95. The molecule has 1 aliphatic rings. The lowest BCUT2D eigenvalue weighted by atomic mass is 10.2. The Hall–Kier alpha value is -2.36. The summed E-state index contributed by atoms with van der Waals surface area (Å²) < 4.78 is 0. The summed E-state index contributed by atoms with van der Waals surface area (Å²) in [4.78, 5) is 11.2. The molecule has 1 aromatic carbocycles. The number of benzene rings is 1. The van der Waals surface area contributed by atoms with Crippen molar-refractivity contribution in [1.29, 1.82) is 0 Å². The zero-order chi connectivity index (χ0) is 13.9. The van der Waals surface area contributed by atoms with Crippen molar-refractivity contribution in [3.05, 3.63) is 54.4 Å². The molecule has 0 saturated heterocycles. The number of aromatic nitrogens is 2. The molecule has 1 aromatic heterocycles. The molecule has 1 N–H and O–H groups in total. The average molecular weight is 266 g/mol. The maximum atomic E-state index is 4.57. The van der Waals surface area contributed by atoms with Gasteiger partial charge in [-0.1, -0.05) is 24.3 Å². The number of hydrogen-bond donors (Lipinski definition) is 1. The first-order valence-corrected chi connectivity index (χ1v) is 6.84. The van der Waals surface area contributed by atoms with Crippen LogP contribution in [-0.4, -0.2) is 23.1 Å². The molecule has 0 atom stereocenters. The summed E-state index contributed by atoms with van der Waals surface area (Å²) in [7, 11) is 0. The fourth-order valence-electron chi connectivity index (χ4n) is 2.53. The van der Waals surface area contributed by atoms with Crippen LogP contribution in [0.1, 0.15) is 11.4 Å². The van der Waals surface area contributed by atoms with Gasteiger partial charge in [-0.2, -0.15) is 0 Å². The molecule has 4 heteroatoms. The summed E-state index contributed by atoms with van der Waals surface area (Å²) in [6.07, 6.45) is 2.89. The number of aryl methyl sites for hydroxylation is 1. The van der Waals surface area contributed by atoms with E-state index >= 15 is 0 Å². The third kappa shape index (κ3) is 2.37. The summed E-state index contributed by atoms with van der Waals surface area (Å²) in [6, 6.07) is 10.5. The van der Waals surface area contributed by atoms with Crippen molar-refractivity contribution >= 4 is 17.3 Å². The highest BCUT2D eigenvalue weighted by atomic mass is 15.2. The Morgan fingerprint density at radius 2 is 2.20 bits per heavy atom. The minimum absolute atomic E-state index is 0.701. The minimum Gasteiger partial charge on any atom is -0.366 e.